The van der Waals surface area contributed by atoms with Crippen LogP contribution in [0.4, 0.5) is 8.78 Å². The van der Waals surface area contributed by atoms with Gasteiger partial charge in [-0.05, 0) is 47.5 Å². The van der Waals surface area contributed by atoms with Gasteiger partial charge in [0.05, 0.1) is 6.04 Å². The standard InChI is InChI=1S/C21H19F2NO2/c1-14(16-8-10-19(22)20(23)12-16)24(2)21(25)13-26-18-9-7-15-5-3-4-6-17(15)11-18/h3-12,14H,13H2,1-2H3. The molecule has 0 N–H and O–H groups in total. The van der Waals surface area contributed by atoms with Gasteiger partial charge in [-0.25, -0.2) is 8.78 Å². The van der Waals surface area contributed by atoms with Crippen LogP contribution in [0, 0.1) is 11.6 Å². The van der Waals surface area contributed by atoms with E-state index in [-0.39, 0.29) is 12.5 Å². The molecule has 0 bridgehead atoms. The van der Waals surface area contributed by atoms with Crippen LogP contribution in [0.1, 0.15) is 18.5 Å². The Bertz CT molecular complexity index is 942. The maximum absolute atomic E-state index is 13.4. The zero-order valence-electron chi connectivity index (χ0n) is 14.6. The number of likely N-dealkylation sites (N-methyl/N-ethyl adjacent to an activating group) is 1. The van der Waals surface area contributed by atoms with E-state index < -0.39 is 17.7 Å². The summed E-state index contributed by atoms with van der Waals surface area (Å²) < 4.78 is 32.1. The van der Waals surface area contributed by atoms with Gasteiger partial charge in [-0.3, -0.25) is 4.79 Å². The average Bonchev–Trinajstić information content (AvgIpc) is 2.66. The van der Waals surface area contributed by atoms with Crippen LogP contribution in [-0.4, -0.2) is 24.5 Å². The SMILES string of the molecule is CC(c1ccc(F)c(F)c1)N(C)C(=O)COc1ccc2ccccc2c1. The lowest BCUT2D eigenvalue weighted by Crippen LogP contribution is -2.33. The Morgan fingerprint density at radius 1 is 1.00 bits per heavy atom. The van der Waals surface area contributed by atoms with Crippen LogP contribution in [0.15, 0.2) is 60.7 Å². The van der Waals surface area contributed by atoms with Gasteiger partial charge >= 0.3 is 0 Å². The largest absolute Gasteiger partial charge is 0.484 e. The molecule has 0 saturated heterocycles. The maximum Gasteiger partial charge on any atom is 0.260 e. The van der Waals surface area contributed by atoms with Crippen LogP contribution in [0.5, 0.6) is 5.75 Å². The van der Waals surface area contributed by atoms with E-state index in [0.717, 1.165) is 22.9 Å². The molecule has 134 valence electrons. The third-order valence-corrected chi connectivity index (χ3v) is 4.48. The Labute approximate surface area is 150 Å². The van der Waals surface area contributed by atoms with Crippen molar-refractivity contribution in [2.24, 2.45) is 0 Å². The third-order valence-electron chi connectivity index (χ3n) is 4.48. The molecular formula is C21H19F2NO2. The molecule has 1 atom stereocenters. The molecule has 0 aliphatic heterocycles. The van der Waals surface area contributed by atoms with E-state index in [1.807, 2.05) is 42.5 Å². The Kier molecular flexibility index (Phi) is 5.16. The molecule has 3 aromatic carbocycles. The number of hydrogen-bond donors (Lipinski definition) is 0. The lowest BCUT2D eigenvalue weighted by Gasteiger charge is -2.25. The number of halogens is 2. The van der Waals surface area contributed by atoms with Gasteiger partial charge in [0.25, 0.3) is 5.91 Å². The lowest BCUT2D eigenvalue weighted by molar-refractivity contribution is -0.134. The highest BCUT2D eigenvalue weighted by molar-refractivity contribution is 5.84. The van der Waals surface area contributed by atoms with Crippen molar-refractivity contribution in [3.8, 4) is 5.75 Å². The molecule has 0 aliphatic carbocycles. The van der Waals surface area contributed by atoms with Gasteiger partial charge in [-0.15, -0.1) is 0 Å². The van der Waals surface area contributed by atoms with Gasteiger partial charge in [-0.2, -0.15) is 0 Å². The second-order valence-corrected chi connectivity index (χ2v) is 6.15. The van der Waals surface area contributed by atoms with Crippen LogP contribution in [0.2, 0.25) is 0 Å². The number of amides is 1. The number of carbonyl (C=O) groups is 1. The summed E-state index contributed by atoms with van der Waals surface area (Å²) in [7, 11) is 1.61. The van der Waals surface area contributed by atoms with E-state index in [2.05, 4.69) is 0 Å². The van der Waals surface area contributed by atoms with E-state index in [0.29, 0.717) is 11.3 Å². The topological polar surface area (TPSA) is 29.5 Å². The van der Waals surface area contributed by atoms with Gasteiger partial charge in [0, 0.05) is 7.05 Å². The van der Waals surface area contributed by atoms with Gasteiger partial charge < -0.3 is 9.64 Å². The van der Waals surface area contributed by atoms with Crippen molar-refractivity contribution in [2.45, 2.75) is 13.0 Å². The van der Waals surface area contributed by atoms with Gasteiger partial charge in [0.15, 0.2) is 18.2 Å². The van der Waals surface area contributed by atoms with E-state index >= 15 is 0 Å². The average molecular weight is 355 g/mol. The molecule has 3 rings (SSSR count). The quantitative estimate of drug-likeness (QED) is 0.663. The molecule has 3 nitrogen and oxygen atoms in total. The highest BCUT2D eigenvalue weighted by Gasteiger charge is 2.19. The smallest absolute Gasteiger partial charge is 0.260 e. The number of hydrogen-bond acceptors (Lipinski definition) is 2. The van der Waals surface area contributed by atoms with Crippen LogP contribution < -0.4 is 4.74 Å². The molecule has 1 amide bonds. The summed E-state index contributed by atoms with van der Waals surface area (Å²) in [6.07, 6.45) is 0. The van der Waals surface area contributed by atoms with Crippen molar-refractivity contribution in [2.75, 3.05) is 13.7 Å². The molecule has 1 unspecified atom stereocenters. The van der Waals surface area contributed by atoms with Gasteiger partial charge in [-0.1, -0.05) is 36.4 Å². The zero-order valence-corrected chi connectivity index (χ0v) is 14.6. The lowest BCUT2D eigenvalue weighted by atomic mass is 10.1. The molecule has 0 heterocycles. The molecule has 0 radical (unpaired) electrons. The summed E-state index contributed by atoms with van der Waals surface area (Å²) in [5.41, 5.74) is 0.519. The molecule has 0 saturated carbocycles. The van der Waals surface area contributed by atoms with Crippen LogP contribution in [-0.2, 0) is 4.79 Å². The molecule has 3 aromatic rings. The Morgan fingerprint density at radius 3 is 2.46 bits per heavy atom. The van der Waals surface area contributed by atoms with Crippen LogP contribution in [0.25, 0.3) is 10.8 Å². The molecule has 0 fully saturated rings. The molecule has 26 heavy (non-hydrogen) atoms. The van der Waals surface area contributed by atoms with Gasteiger partial charge in [0.1, 0.15) is 5.75 Å². The summed E-state index contributed by atoms with van der Waals surface area (Å²) in [6.45, 7) is 1.61. The van der Waals surface area contributed by atoms with Crippen molar-refractivity contribution >= 4 is 16.7 Å². The predicted octanol–water partition coefficient (Wildman–Crippen LogP) is 4.72. The predicted molar refractivity (Wildman–Crippen MR) is 97.0 cm³/mol. The number of nitrogens with zero attached hydrogens (tertiary/aromatic N) is 1. The van der Waals surface area contributed by atoms with Crippen molar-refractivity contribution in [1.82, 2.24) is 4.90 Å². The van der Waals surface area contributed by atoms with Crippen molar-refractivity contribution < 1.29 is 18.3 Å². The van der Waals surface area contributed by atoms with Crippen molar-refractivity contribution in [3.05, 3.63) is 77.9 Å². The fraction of sp³-hybridized carbons (Fsp3) is 0.190. The van der Waals surface area contributed by atoms with Gasteiger partial charge in [0.2, 0.25) is 0 Å². The highest BCUT2D eigenvalue weighted by Crippen LogP contribution is 2.23. The highest BCUT2D eigenvalue weighted by atomic mass is 19.2. The van der Waals surface area contributed by atoms with E-state index in [9.17, 15) is 13.6 Å². The maximum atomic E-state index is 13.4. The minimum absolute atomic E-state index is 0.136. The minimum Gasteiger partial charge on any atom is -0.484 e. The first kappa shape index (κ1) is 17.9. The summed E-state index contributed by atoms with van der Waals surface area (Å²) in [5, 5.41) is 2.12. The number of benzene rings is 3. The first-order chi connectivity index (χ1) is 12.5. The van der Waals surface area contributed by atoms with Crippen molar-refractivity contribution in [3.63, 3.8) is 0 Å². The molecule has 0 aromatic heterocycles. The second kappa shape index (κ2) is 7.52. The summed E-state index contributed by atoms with van der Waals surface area (Å²) >= 11 is 0. The molecular weight excluding hydrogens is 336 g/mol. The normalized spacial score (nSPS) is 12.0. The number of rotatable bonds is 5. The number of fused-ring (bicyclic) bond motifs is 1. The Balaban J connectivity index is 1.65. The number of carbonyl (C=O) groups excluding carboxylic acids is 1. The molecule has 0 aliphatic rings. The third kappa shape index (κ3) is 3.82. The molecule has 0 spiro atoms. The second-order valence-electron chi connectivity index (χ2n) is 6.15. The summed E-state index contributed by atoms with van der Waals surface area (Å²) in [5.74, 6) is -1.49. The number of ether oxygens (including phenoxy) is 1. The fourth-order valence-electron chi connectivity index (χ4n) is 2.72. The minimum atomic E-state index is -0.928. The zero-order chi connectivity index (χ0) is 18.7. The van der Waals surface area contributed by atoms with Crippen LogP contribution >= 0.6 is 0 Å². The van der Waals surface area contributed by atoms with Crippen LogP contribution in [0.3, 0.4) is 0 Å². The van der Waals surface area contributed by atoms with E-state index in [4.69, 9.17) is 4.74 Å². The Hall–Kier alpha value is -2.95. The fourth-order valence-corrected chi connectivity index (χ4v) is 2.72. The summed E-state index contributed by atoms with van der Waals surface area (Å²) in [6, 6.07) is 16.7. The Morgan fingerprint density at radius 2 is 1.73 bits per heavy atom. The molecule has 5 heteroatoms. The van der Waals surface area contributed by atoms with Crippen molar-refractivity contribution in [1.29, 1.82) is 0 Å². The summed E-state index contributed by atoms with van der Waals surface area (Å²) in [4.78, 5) is 13.8. The van der Waals surface area contributed by atoms with E-state index in [1.54, 1.807) is 14.0 Å². The first-order valence-corrected chi connectivity index (χ1v) is 8.28. The van der Waals surface area contributed by atoms with E-state index in [1.165, 1.54) is 11.0 Å². The first-order valence-electron chi connectivity index (χ1n) is 8.28. The monoisotopic (exact) mass is 355 g/mol.